The van der Waals surface area contributed by atoms with E-state index in [0.717, 1.165) is 40.5 Å². The maximum Gasteiger partial charge on any atom is 0.0596 e. The van der Waals surface area contributed by atoms with Gasteiger partial charge in [-0.15, -0.1) is 0 Å². The molecule has 2 N–H and O–H groups in total. The molecule has 0 aliphatic heterocycles. The fourth-order valence-corrected chi connectivity index (χ4v) is 2.60. The van der Waals surface area contributed by atoms with Gasteiger partial charge in [-0.2, -0.15) is 5.10 Å². The molecule has 1 atom stereocenters. The van der Waals surface area contributed by atoms with Crippen molar-refractivity contribution in [3.63, 3.8) is 0 Å². The van der Waals surface area contributed by atoms with Crippen molar-refractivity contribution in [1.29, 1.82) is 0 Å². The molecule has 0 saturated carbocycles. The van der Waals surface area contributed by atoms with Crippen LogP contribution in [-0.4, -0.2) is 9.78 Å². The van der Waals surface area contributed by atoms with Crippen LogP contribution in [0.5, 0.6) is 0 Å². The van der Waals surface area contributed by atoms with Crippen molar-refractivity contribution in [1.82, 2.24) is 9.78 Å². The highest BCUT2D eigenvalue weighted by Gasteiger charge is 2.15. The summed E-state index contributed by atoms with van der Waals surface area (Å²) in [4.78, 5) is 0. The summed E-state index contributed by atoms with van der Waals surface area (Å²) in [5.41, 5.74) is 10.6. The Hall–Kier alpha value is -1.32. The molecule has 1 aromatic heterocycles. The molecule has 102 valence electrons. The lowest BCUT2D eigenvalue weighted by atomic mass is 10.0. The predicted octanol–water partition coefficient (Wildman–Crippen LogP) is 3.42. The van der Waals surface area contributed by atoms with Gasteiger partial charge in [-0.05, 0) is 38.0 Å². The highest BCUT2D eigenvalue weighted by atomic mass is 35.5. The van der Waals surface area contributed by atoms with Gasteiger partial charge in [0.05, 0.1) is 5.69 Å². The first-order chi connectivity index (χ1) is 9.02. The zero-order valence-corrected chi connectivity index (χ0v) is 12.4. The van der Waals surface area contributed by atoms with E-state index in [-0.39, 0.29) is 6.04 Å². The molecular weight excluding hydrogens is 258 g/mol. The number of benzene rings is 1. The van der Waals surface area contributed by atoms with E-state index in [1.807, 2.05) is 36.7 Å². The zero-order valence-electron chi connectivity index (χ0n) is 11.7. The number of nitrogens with two attached hydrogens (primary N) is 1. The van der Waals surface area contributed by atoms with Crippen LogP contribution in [-0.2, 0) is 13.0 Å². The van der Waals surface area contributed by atoms with E-state index in [2.05, 4.69) is 18.1 Å². The lowest BCUT2D eigenvalue weighted by Gasteiger charge is -2.15. The number of hydrogen-bond acceptors (Lipinski definition) is 2. The maximum absolute atomic E-state index is 6.33. The minimum absolute atomic E-state index is 0.103. The predicted molar refractivity (Wildman–Crippen MR) is 79.5 cm³/mol. The third kappa shape index (κ3) is 2.99. The van der Waals surface area contributed by atoms with Crippen LogP contribution >= 0.6 is 11.6 Å². The number of aromatic nitrogens is 2. The normalized spacial score (nSPS) is 12.7. The van der Waals surface area contributed by atoms with E-state index in [1.165, 1.54) is 0 Å². The molecule has 0 radical (unpaired) electrons. The molecule has 2 aromatic rings. The van der Waals surface area contributed by atoms with Crippen molar-refractivity contribution >= 4 is 11.6 Å². The summed E-state index contributed by atoms with van der Waals surface area (Å²) in [6, 6.07) is 7.98. The third-order valence-electron chi connectivity index (χ3n) is 3.34. The lowest BCUT2D eigenvalue weighted by Crippen LogP contribution is -2.16. The van der Waals surface area contributed by atoms with E-state index in [1.54, 1.807) is 0 Å². The molecule has 0 amide bonds. The summed E-state index contributed by atoms with van der Waals surface area (Å²) in [6.45, 7) is 6.94. The van der Waals surface area contributed by atoms with Gasteiger partial charge < -0.3 is 5.73 Å². The highest BCUT2D eigenvalue weighted by Crippen LogP contribution is 2.27. The summed E-state index contributed by atoms with van der Waals surface area (Å²) >= 11 is 6.33. The van der Waals surface area contributed by atoms with Crippen molar-refractivity contribution in [2.45, 2.75) is 39.8 Å². The van der Waals surface area contributed by atoms with E-state index in [0.29, 0.717) is 0 Å². The SMILES string of the molecule is CCn1nc(C)cc1CC(N)c1cccc(C)c1Cl. The van der Waals surface area contributed by atoms with E-state index < -0.39 is 0 Å². The second kappa shape index (κ2) is 5.76. The molecule has 2 rings (SSSR count). The van der Waals surface area contributed by atoms with Crippen LogP contribution in [0.3, 0.4) is 0 Å². The number of halogens is 1. The molecule has 0 saturated heterocycles. The Morgan fingerprint density at radius 2 is 2.11 bits per heavy atom. The summed E-state index contributed by atoms with van der Waals surface area (Å²) in [6.07, 6.45) is 0.748. The maximum atomic E-state index is 6.33. The van der Waals surface area contributed by atoms with Crippen LogP contribution in [0.1, 0.15) is 35.5 Å². The fraction of sp³-hybridized carbons (Fsp3) is 0.400. The van der Waals surface area contributed by atoms with E-state index >= 15 is 0 Å². The van der Waals surface area contributed by atoms with Crippen molar-refractivity contribution in [3.8, 4) is 0 Å². The average Bonchev–Trinajstić information content (AvgIpc) is 2.72. The molecule has 0 spiro atoms. The molecule has 0 aliphatic rings. The second-order valence-corrected chi connectivity index (χ2v) is 5.26. The summed E-state index contributed by atoms with van der Waals surface area (Å²) in [5.74, 6) is 0. The van der Waals surface area contributed by atoms with Crippen LogP contribution in [0.15, 0.2) is 24.3 Å². The quantitative estimate of drug-likeness (QED) is 0.931. The first kappa shape index (κ1) is 14.1. The molecule has 1 unspecified atom stereocenters. The number of nitrogens with zero attached hydrogens (tertiary/aromatic N) is 2. The highest BCUT2D eigenvalue weighted by molar-refractivity contribution is 6.32. The van der Waals surface area contributed by atoms with Gasteiger partial charge in [-0.25, -0.2) is 0 Å². The first-order valence-corrected chi connectivity index (χ1v) is 6.94. The number of hydrogen-bond donors (Lipinski definition) is 1. The molecule has 19 heavy (non-hydrogen) atoms. The Balaban J connectivity index is 2.25. The van der Waals surface area contributed by atoms with Gasteiger partial charge in [0.2, 0.25) is 0 Å². The minimum atomic E-state index is -0.103. The van der Waals surface area contributed by atoms with Crippen LogP contribution < -0.4 is 5.73 Å². The van der Waals surface area contributed by atoms with Gasteiger partial charge >= 0.3 is 0 Å². The second-order valence-electron chi connectivity index (χ2n) is 4.88. The Morgan fingerprint density at radius 3 is 2.79 bits per heavy atom. The van der Waals surface area contributed by atoms with E-state index in [4.69, 9.17) is 17.3 Å². The molecule has 4 heteroatoms. The first-order valence-electron chi connectivity index (χ1n) is 6.56. The number of rotatable bonds is 4. The summed E-state index contributed by atoms with van der Waals surface area (Å²) < 4.78 is 2.00. The number of aryl methyl sites for hydroxylation is 3. The monoisotopic (exact) mass is 277 g/mol. The average molecular weight is 278 g/mol. The van der Waals surface area contributed by atoms with Crippen molar-refractivity contribution in [2.75, 3.05) is 0 Å². The minimum Gasteiger partial charge on any atom is -0.324 e. The van der Waals surface area contributed by atoms with Gasteiger partial charge in [0, 0.05) is 29.7 Å². The van der Waals surface area contributed by atoms with Crippen molar-refractivity contribution in [2.24, 2.45) is 5.73 Å². The van der Waals surface area contributed by atoms with Crippen molar-refractivity contribution < 1.29 is 0 Å². The molecule has 0 fully saturated rings. The van der Waals surface area contributed by atoms with Crippen LogP contribution in [0.2, 0.25) is 5.02 Å². The smallest absolute Gasteiger partial charge is 0.0596 e. The summed E-state index contributed by atoms with van der Waals surface area (Å²) in [5, 5.41) is 5.22. The van der Waals surface area contributed by atoms with Gasteiger partial charge in [-0.3, -0.25) is 4.68 Å². The fourth-order valence-electron chi connectivity index (χ4n) is 2.33. The Kier molecular flexibility index (Phi) is 4.27. The molecule has 0 bridgehead atoms. The standard InChI is InChI=1S/C15H20ClN3/c1-4-19-12(8-11(3)18-19)9-14(17)13-7-5-6-10(2)15(13)16/h5-8,14H,4,9,17H2,1-3H3. The molecule has 1 aromatic carbocycles. The zero-order chi connectivity index (χ0) is 14.0. The Bertz CT molecular complexity index is 575. The topological polar surface area (TPSA) is 43.8 Å². The van der Waals surface area contributed by atoms with Gasteiger partial charge in [0.25, 0.3) is 0 Å². The van der Waals surface area contributed by atoms with E-state index in [9.17, 15) is 0 Å². The third-order valence-corrected chi connectivity index (χ3v) is 3.85. The molecule has 1 heterocycles. The molecule has 3 nitrogen and oxygen atoms in total. The van der Waals surface area contributed by atoms with Crippen LogP contribution in [0, 0.1) is 13.8 Å². The lowest BCUT2D eigenvalue weighted by molar-refractivity contribution is 0.587. The largest absolute Gasteiger partial charge is 0.324 e. The van der Waals surface area contributed by atoms with Gasteiger partial charge in [0.15, 0.2) is 0 Å². The summed E-state index contributed by atoms with van der Waals surface area (Å²) in [7, 11) is 0. The van der Waals surface area contributed by atoms with Crippen LogP contribution in [0.25, 0.3) is 0 Å². The van der Waals surface area contributed by atoms with Crippen LogP contribution in [0.4, 0.5) is 0 Å². The molecule has 0 aliphatic carbocycles. The Labute approximate surface area is 119 Å². The molecular formula is C15H20ClN3. The van der Waals surface area contributed by atoms with Crippen molar-refractivity contribution in [3.05, 3.63) is 51.8 Å². The van der Waals surface area contributed by atoms with Gasteiger partial charge in [-0.1, -0.05) is 29.8 Å². The van der Waals surface area contributed by atoms with Gasteiger partial charge in [0.1, 0.15) is 0 Å². The Morgan fingerprint density at radius 1 is 1.37 bits per heavy atom.